The van der Waals surface area contributed by atoms with Crippen molar-refractivity contribution >= 4 is 28.8 Å². The summed E-state index contributed by atoms with van der Waals surface area (Å²) in [5.41, 5.74) is 2.98. The number of rotatable bonds is 3. The van der Waals surface area contributed by atoms with Gasteiger partial charge in [0.05, 0.1) is 62.3 Å². The summed E-state index contributed by atoms with van der Waals surface area (Å²) in [6.07, 6.45) is 0. The van der Waals surface area contributed by atoms with Gasteiger partial charge in [-0.05, 0) is 36.4 Å². The Bertz CT molecular complexity index is 1720. The molecule has 0 fully saturated rings. The normalized spacial score (nSPS) is 16.5. The van der Waals surface area contributed by atoms with Crippen molar-refractivity contribution in [3.05, 3.63) is 113 Å². The molecule has 0 aromatic heterocycles. The first-order valence-corrected chi connectivity index (χ1v) is 14.7. The van der Waals surface area contributed by atoms with Crippen LogP contribution >= 0.6 is 0 Å². The average molecular weight is 609 g/mol. The molecule has 2 N–H and O–H groups in total. The van der Waals surface area contributed by atoms with E-state index >= 15 is 0 Å². The zero-order valence-corrected chi connectivity index (χ0v) is 24.5. The Hall–Kier alpha value is -5.03. The summed E-state index contributed by atoms with van der Waals surface area (Å²) in [5, 5.41) is 14.3. The summed E-state index contributed by atoms with van der Waals surface area (Å²) in [6, 6.07) is 24.2. The van der Waals surface area contributed by atoms with Crippen molar-refractivity contribution in [3.8, 4) is 17.2 Å². The molecule has 230 valence electrons. The van der Waals surface area contributed by atoms with Gasteiger partial charge in [-0.1, -0.05) is 42.5 Å². The smallest absolute Gasteiger partial charge is 0.255 e. The van der Waals surface area contributed by atoms with Crippen molar-refractivity contribution in [1.82, 2.24) is 0 Å². The summed E-state index contributed by atoms with van der Waals surface area (Å²) in [4.78, 5) is 31.4. The number of hydrogen-bond acceptors (Lipinski definition) is 9. The molecule has 1 amide bonds. The maximum Gasteiger partial charge on any atom is 0.255 e. The van der Waals surface area contributed by atoms with Crippen LogP contribution in [0.4, 0.5) is 11.4 Å². The number of anilines is 1. The molecule has 0 spiro atoms. The van der Waals surface area contributed by atoms with Crippen molar-refractivity contribution in [2.24, 2.45) is 4.99 Å². The third-order valence-electron chi connectivity index (χ3n) is 7.25. The maximum atomic E-state index is 13.5. The van der Waals surface area contributed by atoms with Gasteiger partial charge >= 0.3 is 0 Å². The molecule has 6 rings (SSSR count). The second-order valence-electron chi connectivity index (χ2n) is 10.2. The number of ketones is 1. The molecule has 4 aromatic carbocycles. The van der Waals surface area contributed by atoms with E-state index in [4.69, 9.17) is 28.7 Å². The Kier molecular flexibility index (Phi) is 9.45. The SMILES string of the molecule is O=C(Nc1ccc2c(c1O)C(=Nc1ccc3c(c1)OCCOCCOCCOCCO3)c1ccccc1C2=O)c1ccccc1. The summed E-state index contributed by atoms with van der Waals surface area (Å²) in [6.45, 7) is 3.17. The van der Waals surface area contributed by atoms with E-state index in [1.54, 1.807) is 72.8 Å². The lowest BCUT2D eigenvalue weighted by Crippen LogP contribution is -2.22. The lowest BCUT2D eigenvalue weighted by Gasteiger charge is -2.23. The molecule has 1 aliphatic heterocycles. The van der Waals surface area contributed by atoms with Crippen molar-refractivity contribution in [2.45, 2.75) is 0 Å². The fraction of sp³-hybridized carbons (Fsp3) is 0.229. The second-order valence-corrected chi connectivity index (χ2v) is 10.2. The van der Waals surface area contributed by atoms with Crippen LogP contribution in [0.15, 0.2) is 89.9 Å². The minimum absolute atomic E-state index is 0.159. The molecule has 0 saturated heterocycles. The maximum absolute atomic E-state index is 13.5. The highest BCUT2D eigenvalue weighted by atomic mass is 16.6. The van der Waals surface area contributed by atoms with E-state index in [1.807, 2.05) is 6.07 Å². The number of carbonyl (C=O) groups excluding carboxylic acids is 2. The number of nitrogens with zero attached hydrogens (tertiary/aromatic N) is 1. The Labute approximate surface area is 260 Å². The zero-order valence-electron chi connectivity index (χ0n) is 24.5. The monoisotopic (exact) mass is 608 g/mol. The Morgan fingerprint density at radius 2 is 1.29 bits per heavy atom. The van der Waals surface area contributed by atoms with Gasteiger partial charge in [0, 0.05) is 28.3 Å². The van der Waals surface area contributed by atoms with Gasteiger partial charge in [0.2, 0.25) is 0 Å². The molecule has 0 radical (unpaired) electrons. The van der Waals surface area contributed by atoms with Gasteiger partial charge in [-0.2, -0.15) is 0 Å². The number of fused-ring (bicyclic) bond motifs is 3. The van der Waals surface area contributed by atoms with Crippen molar-refractivity contribution in [2.75, 3.05) is 58.2 Å². The van der Waals surface area contributed by atoms with Crippen LogP contribution in [0.5, 0.6) is 17.2 Å². The molecule has 0 saturated carbocycles. The Morgan fingerprint density at radius 3 is 2.00 bits per heavy atom. The number of phenolic OH excluding ortho intramolecular Hbond substituents is 1. The summed E-state index contributed by atoms with van der Waals surface area (Å²) in [5.74, 6) is 0.0725. The predicted molar refractivity (Wildman–Crippen MR) is 168 cm³/mol. The first-order valence-electron chi connectivity index (χ1n) is 14.7. The number of aromatic hydroxyl groups is 1. The van der Waals surface area contributed by atoms with E-state index < -0.39 is 5.91 Å². The van der Waals surface area contributed by atoms with Crippen LogP contribution in [0, 0.1) is 0 Å². The molecule has 1 heterocycles. The predicted octanol–water partition coefficient (Wildman–Crippen LogP) is 5.18. The van der Waals surface area contributed by atoms with Gasteiger partial charge in [-0.15, -0.1) is 0 Å². The van der Waals surface area contributed by atoms with E-state index in [2.05, 4.69) is 5.32 Å². The first-order chi connectivity index (χ1) is 22.1. The van der Waals surface area contributed by atoms with Crippen LogP contribution in [0.1, 0.15) is 37.4 Å². The lowest BCUT2D eigenvalue weighted by atomic mass is 9.82. The summed E-state index contributed by atoms with van der Waals surface area (Å²) in [7, 11) is 0. The molecule has 10 heteroatoms. The molecule has 10 nitrogen and oxygen atoms in total. The van der Waals surface area contributed by atoms with Gasteiger partial charge in [-0.3, -0.25) is 9.59 Å². The number of phenols is 1. The molecule has 1 aliphatic carbocycles. The van der Waals surface area contributed by atoms with Gasteiger partial charge in [0.1, 0.15) is 19.0 Å². The molecule has 0 atom stereocenters. The number of nitrogens with one attached hydrogen (secondary N) is 1. The van der Waals surface area contributed by atoms with Crippen molar-refractivity contribution in [3.63, 3.8) is 0 Å². The van der Waals surface area contributed by atoms with Gasteiger partial charge in [0.15, 0.2) is 17.3 Å². The highest BCUT2D eigenvalue weighted by Crippen LogP contribution is 2.40. The van der Waals surface area contributed by atoms with E-state index in [0.717, 1.165) is 0 Å². The van der Waals surface area contributed by atoms with Crippen LogP contribution in [0.2, 0.25) is 0 Å². The zero-order chi connectivity index (χ0) is 31.0. The largest absolute Gasteiger partial charge is 0.505 e. The van der Waals surface area contributed by atoms with Gasteiger partial charge in [-0.25, -0.2) is 4.99 Å². The molecule has 0 bridgehead atoms. The third-order valence-corrected chi connectivity index (χ3v) is 7.25. The van der Waals surface area contributed by atoms with E-state index in [0.29, 0.717) is 85.8 Å². The topological polar surface area (TPSA) is 125 Å². The number of carbonyl (C=O) groups is 2. The lowest BCUT2D eigenvalue weighted by molar-refractivity contribution is 0.00708. The fourth-order valence-electron chi connectivity index (χ4n) is 5.08. The van der Waals surface area contributed by atoms with Crippen LogP contribution in [0.25, 0.3) is 0 Å². The molecule has 2 aliphatic rings. The van der Waals surface area contributed by atoms with E-state index in [-0.39, 0.29) is 35.0 Å². The van der Waals surface area contributed by atoms with Crippen LogP contribution in [0.3, 0.4) is 0 Å². The van der Waals surface area contributed by atoms with Crippen molar-refractivity contribution in [1.29, 1.82) is 0 Å². The third kappa shape index (κ3) is 6.88. The summed E-state index contributed by atoms with van der Waals surface area (Å²) < 4.78 is 28.6. The van der Waals surface area contributed by atoms with Gasteiger partial charge in [0.25, 0.3) is 5.91 Å². The molecular weight excluding hydrogens is 576 g/mol. The number of ether oxygens (including phenoxy) is 5. The molecule has 45 heavy (non-hydrogen) atoms. The summed E-state index contributed by atoms with van der Waals surface area (Å²) >= 11 is 0. The van der Waals surface area contributed by atoms with Crippen LogP contribution in [-0.2, 0) is 14.2 Å². The second kappa shape index (κ2) is 14.2. The number of aliphatic imine (C=N–C) groups is 1. The molecule has 4 aromatic rings. The number of benzene rings is 4. The molecular formula is C35H32N2O8. The minimum Gasteiger partial charge on any atom is -0.505 e. The van der Waals surface area contributed by atoms with Crippen LogP contribution < -0.4 is 14.8 Å². The Balaban J connectivity index is 1.37. The van der Waals surface area contributed by atoms with Crippen LogP contribution in [-0.4, -0.2) is 75.4 Å². The molecule has 0 unspecified atom stereocenters. The highest BCUT2D eigenvalue weighted by Gasteiger charge is 2.32. The van der Waals surface area contributed by atoms with E-state index in [1.165, 1.54) is 6.07 Å². The number of hydrogen-bond donors (Lipinski definition) is 2. The quantitative estimate of drug-likeness (QED) is 0.269. The Morgan fingerprint density at radius 1 is 0.667 bits per heavy atom. The fourth-order valence-corrected chi connectivity index (χ4v) is 5.08. The van der Waals surface area contributed by atoms with Gasteiger partial charge < -0.3 is 34.1 Å². The minimum atomic E-state index is -0.396. The highest BCUT2D eigenvalue weighted by molar-refractivity contribution is 6.32. The average Bonchev–Trinajstić information content (AvgIpc) is 3.08. The van der Waals surface area contributed by atoms with Crippen molar-refractivity contribution < 1.29 is 38.4 Å². The van der Waals surface area contributed by atoms with E-state index in [9.17, 15) is 14.7 Å². The standard InChI is InChI=1S/C35H32N2O8/c38-33-26-9-5-4-8-25(26)32(31-27(33)11-12-28(34(31)39)37-35(40)23-6-2-1-3-7-23)36-24-10-13-29-30(22-24)45-21-19-43-17-15-41-14-16-42-18-20-44-29/h1-13,22,39H,14-21H2,(H,37,40). The number of amides is 1. The first kappa shape index (κ1) is 30.0.